The lowest BCUT2D eigenvalue weighted by molar-refractivity contribution is 0.317. The van der Waals surface area contributed by atoms with Gasteiger partial charge < -0.3 is 10.0 Å². The van der Waals surface area contributed by atoms with Crippen molar-refractivity contribution in [3.05, 3.63) is 45.3 Å². The van der Waals surface area contributed by atoms with Crippen molar-refractivity contribution >= 4 is 61.7 Å². The van der Waals surface area contributed by atoms with Crippen molar-refractivity contribution < 1.29 is 5.11 Å². The van der Waals surface area contributed by atoms with Crippen molar-refractivity contribution in [3.63, 3.8) is 0 Å². The Bertz CT molecular complexity index is 651. The monoisotopic (exact) mass is 425 g/mol. The Kier molecular flexibility index (Phi) is 4.03. The Morgan fingerprint density at radius 3 is 1.90 bits per heavy atom. The van der Waals surface area contributed by atoms with E-state index in [0.29, 0.717) is 0 Å². The summed E-state index contributed by atoms with van der Waals surface area (Å²) < 4.78 is 2.20. The normalized spacial score (nSPS) is 15.6. The van der Waals surface area contributed by atoms with Crippen molar-refractivity contribution in [2.75, 3.05) is 18.6 Å². The number of anilines is 2. The number of nitrogens with zero attached hydrogens (tertiary/aromatic N) is 1. The van der Waals surface area contributed by atoms with E-state index in [1.807, 2.05) is 0 Å². The van der Waals surface area contributed by atoms with E-state index in [9.17, 15) is 5.11 Å². The number of rotatable bonds is 2. The third-order valence-electron chi connectivity index (χ3n) is 4.44. The van der Waals surface area contributed by atoms with Crippen molar-refractivity contribution in [2.24, 2.45) is 0 Å². The lowest BCUT2D eigenvalue weighted by Crippen LogP contribution is -2.61. The molecule has 3 rings (SSSR count). The molecule has 1 N–H and O–H groups in total. The van der Waals surface area contributed by atoms with Gasteiger partial charge in [0.25, 0.3) is 0 Å². The average Bonchev–Trinajstić information content (AvgIpc) is 2.45. The van der Waals surface area contributed by atoms with E-state index in [2.05, 4.69) is 86.8 Å². The van der Waals surface area contributed by atoms with E-state index in [1.165, 1.54) is 21.7 Å². The largest absolute Gasteiger partial charge is 0.397 e. The Hall–Kier alpha value is -0.623. The summed E-state index contributed by atoms with van der Waals surface area (Å²) >= 11 is 7.20. The van der Waals surface area contributed by atoms with Gasteiger partial charge in [0.05, 0.1) is 0 Å². The zero-order valence-corrected chi connectivity index (χ0v) is 16.2. The van der Waals surface area contributed by atoms with Gasteiger partial charge in [-0.3, -0.25) is 0 Å². The first-order chi connectivity index (χ1) is 9.97. The van der Waals surface area contributed by atoms with Crippen LogP contribution in [0.15, 0.2) is 45.3 Å². The standard InChI is InChI=1S/C16H17Br2NOSi/c1-19-13-5-3-11(17)9-15(13)21(2,8-7-20)16-10-12(18)4-6-14(16)19/h3-6,9-10,20H,7-8H2,1-2H3. The van der Waals surface area contributed by atoms with Crippen molar-refractivity contribution in [1.29, 1.82) is 0 Å². The highest BCUT2D eigenvalue weighted by Crippen LogP contribution is 2.33. The van der Waals surface area contributed by atoms with Gasteiger partial charge in [-0.15, -0.1) is 0 Å². The molecule has 5 heteroatoms. The first-order valence-corrected chi connectivity index (χ1v) is 11.2. The second-order valence-electron chi connectivity index (χ2n) is 5.69. The van der Waals surface area contributed by atoms with Gasteiger partial charge in [0.2, 0.25) is 0 Å². The molecule has 2 aromatic carbocycles. The van der Waals surface area contributed by atoms with Gasteiger partial charge in [0.1, 0.15) is 8.07 Å². The zero-order chi connectivity index (χ0) is 15.2. The first kappa shape index (κ1) is 15.3. The molecule has 21 heavy (non-hydrogen) atoms. The molecule has 110 valence electrons. The maximum atomic E-state index is 9.64. The number of aliphatic hydroxyl groups is 1. The van der Waals surface area contributed by atoms with Crippen molar-refractivity contribution in [3.8, 4) is 0 Å². The zero-order valence-electron chi connectivity index (χ0n) is 12.0. The van der Waals surface area contributed by atoms with Gasteiger partial charge >= 0.3 is 0 Å². The lowest BCUT2D eigenvalue weighted by Gasteiger charge is -2.41. The summed E-state index contributed by atoms with van der Waals surface area (Å²) in [6.07, 6.45) is 0. The molecule has 2 nitrogen and oxygen atoms in total. The fourth-order valence-electron chi connectivity index (χ4n) is 3.25. The second-order valence-corrected chi connectivity index (χ2v) is 11.8. The van der Waals surface area contributed by atoms with Crippen molar-refractivity contribution in [1.82, 2.24) is 0 Å². The molecule has 0 saturated heterocycles. The number of hydrogen-bond acceptors (Lipinski definition) is 2. The van der Waals surface area contributed by atoms with Crippen LogP contribution in [-0.4, -0.2) is 26.8 Å². The molecule has 0 fully saturated rings. The predicted molar refractivity (Wildman–Crippen MR) is 99.1 cm³/mol. The number of hydrogen-bond donors (Lipinski definition) is 1. The molecule has 0 bridgehead atoms. The van der Waals surface area contributed by atoms with Gasteiger partial charge in [-0.25, -0.2) is 0 Å². The Labute approximate surface area is 143 Å². The Balaban J connectivity index is 2.32. The van der Waals surface area contributed by atoms with E-state index in [-0.39, 0.29) is 6.61 Å². The maximum Gasteiger partial charge on any atom is 0.122 e. The van der Waals surface area contributed by atoms with E-state index >= 15 is 0 Å². The van der Waals surface area contributed by atoms with E-state index in [4.69, 9.17) is 0 Å². The minimum Gasteiger partial charge on any atom is -0.397 e. The summed E-state index contributed by atoms with van der Waals surface area (Å²) in [5.41, 5.74) is 2.52. The summed E-state index contributed by atoms with van der Waals surface area (Å²) in [6.45, 7) is 2.58. The van der Waals surface area contributed by atoms with Gasteiger partial charge in [-0.1, -0.05) is 38.4 Å². The summed E-state index contributed by atoms with van der Waals surface area (Å²) in [6, 6.07) is 13.8. The quantitative estimate of drug-likeness (QED) is 0.743. The maximum absolute atomic E-state index is 9.64. The van der Waals surface area contributed by atoms with Gasteiger partial charge in [0.15, 0.2) is 0 Å². The molecule has 0 spiro atoms. The van der Waals surface area contributed by atoms with Gasteiger partial charge in [-0.05, 0) is 52.8 Å². The molecule has 1 aliphatic rings. The van der Waals surface area contributed by atoms with Crippen LogP contribution in [-0.2, 0) is 0 Å². The van der Waals surface area contributed by atoms with Crippen LogP contribution in [0.2, 0.25) is 12.6 Å². The smallest absolute Gasteiger partial charge is 0.122 e. The molecule has 1 aliphatic heterocycles. The molecule has 1 heterocycles. The molecule has 0 atom stereocenters. The molecule has 0 radical (unpaired) electrons. The van der Waals surface area contributed by atoms with Crippen LogP contribution in [0.3, 0.4) is 0 Å². The second kappa shape index (κ2) is 5.54. The van der Waals surface area contributed by atoms with Crippen LogP contribution in [0.4, 0.5) is 11.4 Å². The minimum atomic E-state index is -1.93. The van der Waals surface area contributed by atoms with Crippen LogP contribution in [0.5, 0.6) is 0 Å². The average molecular weight is 427 g/mol. The van der Waals surface area contributed by atoms with Crippen LogP contribution >= 0.6 is 31.9 Å². The fraction of sp³-hybridized carbons (Fsp3) is 0.250. The number of halogens is 2. The number of fused-ring (bicyclic) bond motifs is 2. The number of aliphatic hydroxyl groups excluding tert-OH is 1. The van der Waals surface area contributed by atoms with E-state index < -0.39 is 8.07 Å². The predicted octanol–water partition coefficient (Wildman–Crippen LogP) is 3.48. The first-order valence-electron chi connectivity index (χ1n) is 6.92. The van der Waals surface area contributed by atoms with Gasteiger partial charge in [-0.2, -0.15) is 0 Å². The molecule has 0 aliphatic carbocycles. The Morgan fingerprint density at radius 2 is 1.48 bits per heavy atom. The van der Waals surface area contributed by atoms with Crippen LogP contribution in [0.1, 0.15) is 0 Å². The fourth-order valence-corrected chi connectivity index (χ4v) is 8.25. The molecular weight excluding hydrogens is 410 g/mol. The molecule has 2 aromatic rings. The highest BCUT2D eigenvalue weighted by atomic mass is 79.9. The molecule has 0 unspecified atom stereocenters. The van der Waals surface area contributed by atoms with Crippen LogP contribution in [0.25, 0.3) is 0 Å². The molecular formula is C16H17Br2NOSi. The highest BCUT2D eigenvalue weighted by molar-refractivity contribution is 9.10. The van der Waals surface area contributed by atoms with Crippen molar-refractivity contribution in [2.45, 2.75) is 12.6 Å². The minimum absolute atomic E-state index is 0.227. The summed E-state index contributed by atoms with van der Waals surface area (Å²) in [4.78, 5) is 2.26. The summed E-state index contributed by atoms with van der Waals surface area (Å²) in [5.74, 6) is 0. The number of benzene rings is 2. The lowest BCUT2D eigenvalue weighted by atomic mass is 10.2. The molecule has 0 aromatic heterocycles. The molecule has 0 saturated carbocycles. The Morgan fingerprint density at radius 1 is 1.00 bits per heavy atom. The third kappa shape index (κ3) is 2.40. The third-order valence-corrected chi connectivity index (χ3v) is 9.83. The molecule has 0 amide bonds. The summed E-state index contributed by atoms with van der Waals surface area (Å²) in [7, 11) is 0.183. The van der Waals surface area contributed by atoms with Crippen LogP contribution in [0, 0.1) is 0 Å². The van der Waals surface area contributed by atoms with E-state index in [1.54, 1.807) is 0 Å². The van der Waals surface area contributed by atoms with E-state index in [0.717, 1.165) is 15.0 Å². The highest BCUT2D eigenvalue weighted by Gasteiger charge is 2.40. The topological polar surface area (TPSA) is 23.5 Å². The van der Waals surface area contributed by atoms with Gasteiger partial charge in [0, 0.05) is 34.0 Å². The SMILES string of the molecule is CN1c2ccc(Br)cc2[Si](C)(CCO)c2cc(Br)ccc21. The van der Waals surface area contributed by atoms with Crippen LogP contribution < -0.4 is 15.3 Å². The summed E-state index contributed by atoms with van der Waals surface area (Å²) in [5, 5.41) is 12.4.